The standard InChI is InChI=1S/C11H21N3O/c1-4-10(15)14-7-5-6-9(8-14)11(12-2)13-3/h9H,4-8H2,1-3H3,(H,12,13). The zero-order valence-electron chi connectivity index (χ0n) is 9.92. The molecule has 0 saturated carbocycles. The molecule has 1 fully saturated rings. The normalized spacial score (nSPS) is 22.7. The lowest BCUT2D eigenvalue weighted by Gasteiger charge is -2.33. The second-order valence-electron chi connectivity index (χ2n) is 3.89. The number of carbonyl (C=O) groups is 1. The number of amides is 1. The summed E-state index contributed by atoms with van der Waals surface area (Å²) < 4.78 is 0. The number of amidine groups is 1. The monoisotopic (exact) mass is 211 g/mol. The van der Waals surface area contributed by atoms with Crippen molar-refractivity contribution in [3.63, 3.8) is 0 Å². The minimum Gasteiger partial charge on any atom is -0.377 e. The highest BCUT2D eigenvalue weighted by Crippen LogP contribution is 2.17. The predicted molar refractivity (Wildman–Crippen MR) is 62.0 cm³/mol. The molecule has 1 heterocycles. The Kier molecular flexibility index (Phi) is 4.59. The minimum atomic E-state index is 0.256. The van der Waals surface area contributed by atoms with Crippen molar-refractivity contribution in [1.29, 1.82) is 0 Å². The molecule has 0 bridgehead atoms. The summed E-state index contributed by atoms with van der Waals surface area (Å²) in [6.45, 7) is 3.64. The topological polar surface area (TPSA) is 44.7 Å². The first kappa shape index (κ1) is 12.0. The van der Waals surface area contributed by atoms with E-state index in [1.807, 2.05) is 18.9 Å². The van der Waals surface area contributed by atoms with Gasteiger partial charge in [-0.25, -0.2) is 0 Å². The molecule has 0 aromatic heterocycles. The number of rotatable bonds is 2. The van der Waals surface area contributed by atoms with Crippen LogP contribution in [0.4, 0.5) is 0 Å². The summed E-state index contributed by atoms with van der Waals surface area (Å²) in [4.78, 5) is 17.7. The molecule has 1 aliphatic rings. The zero-order valence-corrected chi connectivity index (χ0v) is 9.92. The second kappa shape index (κ2) is 5.73. The molecule has 0 aromatic rings. The van der Waals surface area contributed by atoms with Crippen LogP contribution in [0.15, 0.2) is 4.99 Å². The number of nitrogens with zero attached hydrogens (tertiary/aromatic N) is 2. The average molecular weight is 211 g/mol. The number of hydrogen-bond donors (Lipinski definition) is 1. The van der Waals surface area contributed by atoms with Crippen LogP contribution in [0.1, 0.15) is 26.2 Å². The maximum absolute atomic E-state index is 11.6. The maximum Gasteiger partial charge on any atom is 0.222 e. The van der Waals surface area contributed by atoms with Crippen molar-refractivity contribution < 1.29 is 4.79 Å². The Morgan fingerprint density at radius 2 is 2.33 bits per heavy atom. The van der Waals surface area contributed by atoms with Crippen molar-refractivity contribution in [1.82, 2.24) is 10.2 Å². The van der Waals surface area contributed by atoms with Crippen LogP contribution in [0, 0.1) is 5.92 Å². The van der Waals surface area contributed by atoms with E-state index in [0.29, 0.717) is 12.3 Å². The molecule has 1 saturated heterocycles. The molecule has 1 amide bonds. The van der Waals surface area contributed by atoms with Gasteiger partial charge in [-0.2, -0.15) is 0 Å². The van der Waals surface area contributed by atoms with Crippen molar-refractivity contribution in [3.8, 4) is 0 Å². The van der Waals surface area contributed by atoms with Crippen LogP contribution in [0.25, 0.3) is 0 Å². The maximum atomic E-state index is 11.6. The molecule has 1 aliphatic heterocycles. The van der Waals surface area contributed by atoms with Crippen LogP contribution in [0.3, 0.4) is 0 Å². The molecule has 4 heteroatoms. The van der Waals surface area contributed by atoms with Crippen molar-refractivity contribution >= 4 is 11.7 Å². The Balaban J connectivity index is 2.59. The van der Waals surface area contributed by atoms with Gasteiger partial charge in [0.1, 0.15) is 5.84 Å². The van der Waals surface area contributed by atoms with E-state index in [9.17, 15) is 4.79 Å². The van der Waals surface area contributed by atoms with E-state index < -0.39 is 0 Å². The van der Waals surface area contributed by atoms with Crippen LogP contribution >= 0.6 is 0 Å². The molecular weight excluding hydrogens is 190 g/mol. The molecule has 1 N–H and O–H groups in total. The number of aliphatic imine (C=N–C) groups is 1. The summed E-state index contributed by atoms with van der Waals surface area (Å²) >= 11 is 0. The third-order valence-electron chi connectivity index (χ3n) is 2.96. The number of hydrogen-bond acceptors (Lipinski definition) is 2. The molecule has 4 nitrogen and oxygen atoms in total. The largest absolute Gasteiger partial charge is 0.377 e. The van der Waals surface area contributed by atoms with Crippen molar-refractivity contribution in [3.05, 3.63) is 0 Å². The average Bonchev–Trinajstić information content (AvgIpc) is 2.30. The van der Waals surface area contributed by atoms with Gasteiger partial charge in [-0.3, -0.25) is 9.79 Å². The lowest BCUT2D eigenvalue weighted by atomic mass is 9.96. The van der Waals surface area contributed by atoms with Gasteiger partial charge in [-0.15, -0.1) is 0 Å². The molecule has 15 heavy (non-hydrogen) atoms. The van der Waals surface area contributed by atoms with Crippen molar-refractivity contribution in [2.24, 2.45) is 10.9 Å². The molecule has 0 spiro atoms. The third-order valence-corrected chi connectivity index (χ3v) is 2.96. The van der Waals surface area contributed by atoms with E-state index in [-0.39, 0.29) is 5.91 Å². The van der Waals surface area contributed by atoms with Gasteiger partial charge in [0.05, 0.1) is 0 Å². The SMILES string of the molecule is CCC(=O)N1CCCC(/C(=N/C)NC)C1. The summed E-state index contributed by atoms with van der Waals surface area (Å²) in [5.74, 6) is 1.67. The van der Waals surface area contributed by atoms with Gasteiger partial charge in [0.25, 0.3) is 0 Å². The van der Waals surface area contributed by atoms with E-state index >= 15 is 0 Å². The van der Waals surface area contributed by atoms with Crippen molar-refractivity contribution in [2.45, 2.75) is 26.2 Å². The molecule has 86 valence electrons. The highest BCUT2D eigenvalue weighted by Gasteiger charge is 2.25. The molecular formula is C11H21N3O. The molecule has 1 unspecified atom stereocenters. The van der Waals surface area contributed by atoms with Crippen molar-refractivity contribution in [2.75, 3.05) is 27.2 Å². The fraction of sp³-hybridized carbons (Fsp3) is 0.818. The summed E-state index contributed by atoms with van der Waals surface area (Å²) in [6.07, 6.45) is 2.81. The first-order chi connectivity index (χ1) is 7.22. The molecule has 1 atom stereocenters. The summed E-state index contributed by atoms with van der Waals surface area (Å²) in [7, 11) is 3.69. The second-order valence-corrected chi connectivity index (χ2v) is 3.89. The molecule has 0 radical (unpaired) electrons. The fourth-order valence-corrected chi connectivity index (χ4v) is 2.15. The van der Waals surface area contributed by atoms with E-state index in [4.69, 9.17) is 0 Å². The van der Waals surface area contributed by atoms with Gasteiger partial charge in [-0.05, 0) is 12.8 Å². The fourth-order valence-electron chi connectivity index (χ4n) is 2.15. The van der Waals surface area contributed by atoms with Crippen LogP contribution in [0.5, 0.6) is 0 Å². The Morgan fingerprint density at radius 1 is 1.60 bits per heavy atom. The van der Waals surface area contributed by atoms with Crippen LogP contribution in [-0.2, 0) is 4.79 Å². The minimum absolute atomic E-state index is 0.256. The molecule has 0 aromatic carbocycles. The zero-order chi connectivity index (χ0) is 11.3. The number of carbonyl (C=O) groups excluding carboxylic acids is 1. The highest BCUT2D eigenvalue weighted by molar-refractivity contribution is 5.85. The summed E-state index contributed by atoms with van der Waals surface area (Å²) in [5.41, 5.74) is 0. The Morgan fingerprint density at radius 3 is 2.87 bits per heavy atom. The highest BCUT2D eigenvalue weighted by atomic mass is 16.2. The Labute approximate surface area is 91.7 Å². The van der Waals surface area contributed by atoms with Gasteiger partial charge in [0.2, 0.25) is 5.91 Å². The Bertz CT molecular complexity index is 250. The van der Waals surface area contributed by atoms with E-state index in [1.54, 1.807) is 7.05 Å². The van der Waals surface area contributed by atoms with E-state index in [2.05, 4.69) is 10.3 Å². The third kappa shape index (κ3) is 2.94. The smallest absolute Gasteiger partial charge is 0.222 e. The van der Waals surface area contributed by atoms with E-state index in [1.165, 1.54) is 0 Å². The lowest BCUT2D eigenvalue weighted by Crippen LogP contribution is -2.44. The quantitative estimate of drug-likeness (QED) is 0.544. The Hall–Kier alpha value is -1.06. The molecule has 0 aliphatic carbocycles. The first-order valence-corrected chi connectivity index (χ1v) is 5.65. The number of nitrogens with one attached hydrogen (secondary N) is 1. The number of piperidine rings is 1. The van der Waals surface area contributed by atoms with Gasteiger partial charge < -0.3 is 10.2 Å². The van der Waals surface area contributed by atoms with Crippen LogP contribution < -0.4 is 5.32 Å². The van der Waals surface area contributed by atoms with Gasteiger partial charge in [-0.1, -0.05) is 6.92 Å². The van der Waals surface area contributed by atoms with Crippen LogP contribution in [-0.4, -0.2) is 43.8 Å². The predicted octanol–water partition coefficient (Wildman–Crippen LogP) is 0.883. The van der Waals surface area contributed by atoms with E-state index in [0.717, 1.165) is 31.8 Å². The number of likely N-dealkylation sites (tertiary alicyclic amines) is 1. The van der Waals surface area contributed by atoms with Gasteiger partial charge >= 0.3 is 0 Å². The van der Waals surface area contributed by atoms with Gasteiger partial charge in [0, 0.05) is 39.5 Å². The van der Waals surface area contributed by atoms with Crippen LogP contribution in [0.2, 0.25) is 0 Å². The summed E-state index contributed by atoms with van der Waals surface area (Å²) in [6, 6.07) is 0. The van der Waals surface area contributed by atoms with Gasteiger partial charge in [0.15, 0.2) is 0 Å². The summed E-state index contributed by atoms with van der Waals surface area (Å²) in [5, 5.41) is 3.11. The first-order valence-electron chi connectivity index (χ1n) is 5.65. The lowest BCUT2D eigenvalue weighted by molar-refractivity contribution is -0.132. The molecule has 1 rings (SSSR count).